The summed E-state index contributed by atoms with van der Waals surface area (Å²) in [7, 11) is 0. The minimum atomic E-state index is -0.207. The quantitative estimate of drug-likeness (QED) is 0.849. The van der Waals surface area contributed by atoms with Crippen molar-refractivity contribution in [2.75, 3.05) is 6.61 Å². The molecule has 5 heteroatoms. The Hall–Kier alpha value is -1.26. The summed E-state index contributed by atoms with van der Waals surface area (Å²) in [5.74, 6) is 0.836. The molecule has 4 nitrogen and oxygen atoms in total. The van der Waals surface area contributed by atoms with Crippen molar-refractivity contribution >= 4 is 17.5 Å². The SMILES string of the molecule is CC(C)C(C)NC(=O)COc1ccc(Cl)cc1[C@H](C)N. The summed E-state index contributed by atoms with van der Waals surface area (Å²) >= 11 is 5.94. The molecular weight excluding hydrogens is 276 g/mol. The van der Waals surface area contributed by atoms with Crippen LogP contribution in [-0.2, 0) is 4.79 Å². The highest BCUT2D eigenvalue weighted by Crippen LogP contribution is 2.27. The Kier molecular flexibility index (Phi) is 6.30. The molecule has 0 saturated heterocycles. The molecule has 1 unspecified atom stereocenters. The number of carbonyl (C=O) groups excluding carboxylic acids is 1. The van der Waals surface area contributed by atoms with Crippen LogP contribution in [0.3, 0.4) is 0 Å². The minimum Gasteiger partial charge on any atom is -0.483 e. The van der Waals surface area contributed by atoms with Gasteiger partial charge in [0.2, 0.25) is 0 Å². The van der Waals surface area contributed by atoms with Crippen LogP contribution in [0.2, 0.25) is 5.02 Å². The smallest absolute Gasteiger partial charge is 0.258 e. The van der Waals surface area contributed by atoms with E-state index in [4.69, 9.17) is 22.1 Å². The Bertz CT molecular complexity index is 461. The molecule has 3 N–H and O–H groups in total. The Morgan fingerprint density at radius 1 is 1.35 bits per heavy atom. The first-order chi connectivity index (χ1) is 9.31. The van der Waals surface area contributed by atoms with Gasteiger partial charge in [-0.3, -0.25) is 4.79 Å². The number of halogens is 1. The molecule has 0 spiro atoms. The van der Waals surface area contributed by atoms with Crippen molar-refractivity contribution in [2.45, 2.75) is 39.8 Å². The van der Waals surface area contributed by atoms with Crippen molar-refractivity contribution in [1.29, 1.82) is 0 Å². The van der Waals surface area contributed by atoms with Crippen LogP contribution in [0.5, 0.6) is 5.75 Å². The van der Waals surface area contributed by atoms with Crippen molar-refractivity contribution in [3.05, 3.63) is 28.8 Å². The molecule has 1 aromatic rings. The average Bonchev–Trinajstić information content (AvgIpc) is 2.36. The van der Waals surface area contributed by atoms with Gasteiger partial charge >= 0.3 is 0 Å². The lowest BCUT2D eigenvalue weighted by Crippen LogP contribution is -2.39. The van der Waals surface area contributed by atoms with Crippen LogP contribution in [0, 0.1) is 5.92 Å². The number of nitrogens with two attached hydrogens (primary N) is 1. The Morgan fingerprint density at radius 2 is 2.00 bits per heavy atom. The number of amides is 1. The first-order valence-corrected chi connectivity index (χ1v) is 7.16. The van der Waals surface area contributed by atoms with E-state index in [-0.39, 0.29) is 24.6 Å². The molecular formula is C15H23ClN2O2. The van der Waals surface area contributed by atoms with Gasteiger partial charge in [-0.05, 0) is 38.0 Å². The monoisotopic (exact) mass is 298 g/mol. The highest BCUT2D eigenvalue weighted by atomic mass is 35.5. The van der Waals surface area contributed by atoms with Gasteiger partial charge in [-0.1, -0.05) is 25.4 Å². The third kappa shape index (κ3) is 5.02. The predicted molar refractivity (Wildman–Crippen MR) is 82.0 cm³/mol. The summed E-state index contributed by atoms with van der Waals surface area (Å²) < 4.78 is 5.55. The highest BCUT2D eigenvalue weighted by Gasteiger charge is 2.13. The molecule has 1 rings (SSSR count). The van der Waals surface area contributed by atoms with Gasteiger partial charge in [-0.25, -0.2) is 0 Å². The number of rotatable bonds is 6. The molecule has 0 radical (unpaired) electrons. The lowest BCUT2D eigenvalue weighted by Gasteiger charge is -2.18. The second kappa shape index (κ2) is 7.50. The number of carbonyl (C=O) groups is 1. The maximum absolute atomic E-state index is 11.8. The maximum Gasteiger partial charge on any atom is 0.258 e. The summed E-state index contributed by atoms with van der Waals surface area (Å²) in [5, 5.41) is 3.49. The fraction of sp³-hybridized carbons (Fsp3) is 0.533. The molecule has 20 heavy (non-hydrogen) atoms. The van der Waals surface area contributed by atoms with Crippen molar-refractivity contribution in [3.63, 3.8) is 0 Å². The Labute approximate surface area is 125 Å². The normalized spacial score (nSPS) is 13.9. The van der Waals surface area contributed by atoms with E-state index in [0.717, 1.165) is 5.56 Å². The highest BCUT2D eigenvalue weighted by molar-refractivity contribution is 6.30. The topological polar surface area (TPSA) is 64.3 Å². The maximum atomic E-state index is 11.8. The van der Waals surface area contributed by atoms with E-state index in [9.17, 15) is 4.79 Å². The second-order valence-corrected chi connectivity index (χ2v) is 5.80. The molecule has 0 aliphatic heterocycles. The Balaban J connectivity index is 2.64. The fourth-order valence-electron chi connectivity index (χ4n) is 1.61. The number of hydrogen-bond donors (Lipinski definition) is 2. The van der Waals surface area contributed by atoms with Gasteiger partial charge in [0, 0.05) is 22.7 Å². The van der Waals surface area contributed by atoms with Crippen LogP contribution >= 0.6 is 11.6 Å². The molecule has 2 atom stereocenters. The van der Waals surface area contributed by atoms with Gasteiger partial charge in [-0.15, -0.1) is 0 Å². The van der Waals surface area contributed by atoms with Gasteiger partial charge < -0.3 is 15.8 Å². The molecule has 0 saturated carbocycles. The minimum absolute atomic E-state index is 0.0294. The lowest BCUT2D eigenvalue weighted by molar-refractivity contribution is -0.124. The van der Waals surface area contributed by atoms with Crippen LogP contribution in [0.15, 0.2) is 18.2 Å². The van der Waals surface area contributed by atoms with Crippen LogP contribution in [0.1, 0.15) is 39.3 Å². The summed E-state index contributed by atoms with van der Waals surface area (Å²) in [6.45, 7) is 7.90. The zero-order valence-electron chi connectivity index (χ0n) is 12.4. The number of nitrogens with one attached hydrogen (secondary N) is 1. The average molecular weight is 299 g/mol. The van der Waals surface area contributed by atoms with Gasteiger partial charge in [0.05, 0.1) is 0 Å². The van der Waals surface area contributed by atoms with E-state index >= 15 is 0 Å². The standard InChI is InChI=1S/C15H23ClN2O2/c1-9(2)11(4)18-15(19)8-20-14-6-5-12(16)7-13(14)10(3)17/h5-7,9-11H,8,17H2,1-4H3,(H,18,19)/t10-,11?/m0/s1. The third-order valence-electron chi connectivity index (χ3n) is 3.21. The van der Waals surface area contributed by atoms with Gasteiger partial charge in [0.15, 0.2) is 6.61 Å². The van der Waals surface area contributed by atoms with Crippen molar-refractivity contribution < 1.29 is 9.53 Å². The summed E-state index contributed by atoms with van der Waals surface area (Å²) in [5.41, 5.74) is 6.66. The van der Waals surface area contributed by atoms with Gasteiger partial charge in [-0.2, -0.15) is 0 Å². The Morgan fingerprint density at radius 3 is 2.55 bits per heavy atom. The van der Waals surface area contributed by atoms with Crippen LogP contribution in [0.25, 0.3) is 0 Å². The van der Waals surface area contributed by atoms with Crippen LogP contribution < -0.4 is 15.8 Å². The van der Waals surface area contributed by atoms with Crippen LogP contribution in [0.4, 0.5) is 0 Å². The van der Waals surface area contributed by atoms with E-state index in [1.54, 1.807) is 18.2 Å². The molecule has 0 aliphatic carbocycles. The van der Waals surface area contributed by atoms with Crippen molar-refractivity contribution in [3.8, 4) is 5.75 Å². The molecule has 0 heterocycles. The predicted octanol–water partition coefficient (Wildman–Crippen LogP) is 2.90. The van der Waals surface area contributed by atoms with Gasteiger partial charge in [0.1, 0.15) is 5.75 Å². The molecule has 1 amide bonds. The third-order valence-corrected chi connectivity index (χ3v) is 3.44. The van der Waals surface area contributed by atoms with Crippen molar-refractivity contribution in [2.24, 2.45) is 11.7 Å². The van der Waals surface area contributed by atoms with Gasteiger partial charge in [0.25, 0.3) is 5.91 Å². The summed E-state index contributed by atoms with van der Waals surface area (Å²) in [4.78, 5) is 11.8. The number of ether oxygens (including phenoxy) is 1. The largest absolute Gasteiger partial charge is 0.483 e. The molecule has 1 aromatic carbocycles. The van der Waals surface area contributed by atoms with E-state index in [1.165, 1.54) is 0 Å². The number of benzene rings is 1. The zero-order chi connectivity index (χ0) is 15.3. The van der Waals surface area contributed by atoms with Crippen molar-refractivity contribution in [1.82, 2.24) is 5.32 Å². The zero-order valence-corrected chi connectivity index (χ0v) is 13.2. The molecule has 0 fully saturated rings. The molecule has 0 aliphatic rings. The second-order valence-electron chi connectivity index (χ2n) is 5.36. The molecule has 0 aromatic heterocycles. The van der Waals surface area contributed by atoms with E-state index in [1.807, 2.05) is 13.8 Å². The first kappa shape index (κ1) is 16.8. The molecule has 0 bridgehead atoms. The first-order valence-electron chi connectivity index (χ1n) is 6.78. The summed E-state index contributed by atoms with van der Waals surface area (Å²) in [6.07, 6.45) is 0. The lowest BCUT2D eigenvalue weighted by atomic mass is 10.1. The number of hydrogen-bond acceptors (Lipinski definition) is 3. The van der Waals surface area contributed by atoms with E-state index in [2.05, 4.69) is 19.2 Å². The van der Waals surface area contributed by atoms with E-state index < -0.39 is 0 Å². The van der Waals surface area contributed by atoms with Crippen LogP contribution in [-0.4, -0.2) is 18.6 Å². The molecule has 112 valence electrons. The fourth-order valence-corrected chi connectivity index (χ4v) is 1.79. The van der Waals surface area contributed by atoms with E-state index in [0.29, 0.717) is 16.7 Å². The summed E-state index contributed by atoms with van der Waals surface area (Å²) in [6, 6.07) is 5.12.